The van der Waals surface area contributed by atoms with Gasteiger partial charge in [0.1, 0.15) is 0 Å². The minimum absolute atomic E-state index is 0.124. The molecule has 0 aromatic heterocycles. The van der Waals surface area contributed by atoms with Gasteiger partial charge in [-0.25, -0.2) is 0 Å². The molecule has 0 aliphatic carbocycles. The summed E-state index contributed by atoms with van der Waals surface area (Å²) < 4.78 is 11.6. The van der Waals surface area contributed by atoms with Crippen molar-refractivity contribution in [2.45, 2.75) is 38.9 Å². The molecule has 3 heteroatoms. The molecule has 2 rings (SSSR count). The molecule has 0 spiro atoms. The third-order valence-corrected chi connectivity index (χ3v) is 3.45. The quantitative estimate of drug-likeness (QED) is 0.767. The third kappa shape index (κ3) is 4.60. The first kappa shape index (κ1) is 14.5. The summed E-state index contributed by atoms with van der Waals surface area (Å²) in [5, 5.41) is 3.46. The summed E-state index contributed by atoms with van der Waals surface area (Å²) in [6.07, 6.45) is 2.53. The van der Waals surface area contributed by atoms with Gasteiger partial charge in [0.2, 0.25) is 0 Å². The lowest BCUT2D eigenvalue weighted by atomic mass is 10.1. The van der Waals surface area contributed by atoms with E-state index >= 15 is 0 Å². The molecule has 106 valence electrons. The van der Waals surface area contributed by atoms with Gasteiger partial charge in [-0.1, -0.05) is 36.8 Å². The summed E-state index contributed by atoms with van der Waals surface area (Å²) in [4.78, 5) is 0. The molecule has 1 aliphatic rings. The molecule has 3 nitrogen and oxygen atoms in total. The van der Waals surface area contributed by atoms with Gasteiger partial charge in [0.25, 0.3) is 0 Å². The van der Waals surface area contributed by atoms with Crippen molar-refractivity contribution >= 4 is 0 Å². The zero-order valence-corrected chi connectivity index (χ0v) is 12.0. The van der Waals surface area contributed by atoms with Gasteiger partial charge in [0.15, 0.2) is 0 Å². The number of hydrogen-bond donors (Lipinski definition) is 1. The topological polar surface area (TPSA) is 30.5 Å². The fourth-order valence-electron chi connectivity index (χ4n) is 2.29. The van der Waals surface area contributed by atoms with Gasteiger partial charge in [-0.15, -0.1) is 0 Å². The van der Waals surface area contributed by atoms with Crippen LogP contribution in [0.3, 0.4) is 0 Å². The van der Waals surface area contributed by atoms with Crippen LogP contribution in [0.15, 0.2) is 24.3 Å². The van der Waals surface area contributed by atoms with Crippen LogP contribution in [0.1, 0.15) is 37.0 Å². The number of hydrogen-bond acceptors (Lipinski definition) is 3. The van der Waals surface area contributed by atoms with Crippen LogP contribution in [0.4, 0.5) is 0 Å². The van der Waals surface area contributed by atoms with Gasteiger partial charge in [-0.2, -0.15) is 0 Å². The highest BCUT2D eigenvalue weighted by atomic mass is 16.6. The molecule has 1 aromatic rings. The van der Waals surface area contributed by atoms with Crippen molar-refractivity contribution in [2.24, 2.45) is 0 Å². The number of nitrogens with one attached hydrogen (secondary N) is 1. The minimum atomic E-state index is 0.124. The molecule has 1 fully saturated rings. The van der Waals surface area contributed by atoms with Crippen LogP contribution >= 0.6 is 0 Å². The molecule has 1 aliphatic heterocycles. The maximum Gasteiger partial charge on any atom is 0.0954 e. The average molecular weight is 263 g/mol. The van der Waals surface area contributed by atoms with Gasteiger partial charge in [0, 0.05) is 13.2 Å². The predicted molar refractivity (Wildman–Crippen MR) is 77.4 cm³/mol. The van der Waals surface area contributed by atoms with E-state index in [1.54, 1.807) is 0 Å². The summed E-state index contributed by atoms with van der Waals surface area (Å²) in [5.74, 6) is 0. The molecular formula is C16H25NO2. The summed E-state index contributed by atoms with van der Waals surface area (Å²) in [7, 11) is 0. The van der Waals surface area contributed by atoms with E-state index in [-0.39, 0.29) is 12.2 Å². The Bertz CT molecular complexity index is 358. The zero-order valence-electron chi connectivity index (χ0n) is 12.0. The Kier molecular flexibility index (Phi) is 5.83. The maximum absolute atomic E-state index is 6.20. The monoisotopic (exact) mass is 263 g/mol. The maximum atomic E-state index is 6.20. The second kappa shape index (κ2) is 7.63. The van der Waals surface area contributed by atoms with E-state index < -0.39 is 0 Å². The Hall–Kier alpha value is -0.900. The van der Waals surface area contributed by atoms with Crippen LogP contribution in [0, 0.1) is 6.92 Å². The fraction of sp³-hybridized carbons (Fsp3) is 0.625. The number of ether oxygens (including phenoxy) is 2. The zero-order chi connectivity index (χ0) is 13.5. The molecule has 0 bridgehead atoms. The Balaban J connectivity index is 1.97. The SMILES string of the molecule is CCCNCC(OC1CCOC1)c1ccc(C)cc1. The smallest absolute Gasteiger partial charge is 0.0954 e. The van der Waals surface area contributed by atoms with Crippen molar-refractivity contribution in [2.75, 3.05) is 26.3 Å². The molecule has 1 aromatic carbocycles. The van der Waals surface area contributed by atoms with E-state index in [4.69, 9.17) is 9.47 Å². The van der Waals surface area contributed by atoms with E-state index in [9.17, 15) is 0 Å². The Morgan fingerprint density at radius 3 is 2.79 bits per heavy atom. The highest BCUT2D eigenvalue weighted by molar-refractivity contribution is 5.23. The lowest BCUT2D eigenvalue weighted by Gasteiger charge is -2.22. The van der Waals surface area contributed by atoms with Gasteiger partial charge in [-0.3, -0.25) is 0 Å². The molecule has 1 heterocycles. The highest BCUT2D eigenvalue weighted by Gasteiger charge is 2.22. The van der Waals surface area contributed by atoms with Crippen LogP contribution in [-0.2, 0) is 9.47 Å². The molecule has 1 saturated heterocycles. The van der Waals surface area contributed by atoms with Crippen molar-refractivity contribution in [1.29, 1.82) is 0 Å². The summed E-state index contributed by atoms with van der Waals surface area (Å²) >= 11 is 0. The third-order valence-electron chi connectivity index (χ3n) is 3.45. The molecular weight excluding hydrogens is 238 g/mol. The molecule has 1 N–H and O–H groups in total. The number of benzene rings is 1. The average Bonchev–Trinajstić information content (AvgIpc) is 2.92. The second-order valence-electron chi connectivity index (χ2n) is 5.23. The molecule has 2 unspecified atom stereocenters. The van der Waals surface area contributed by atoms with Crippen LogP contribution in [0.25, 0.3) is 0 Å². The molecule has 0 saturated carbocycles. The van der Waals surface area contributed by atoms with E-state index in [0.717, 1.165) is 39.1 Å². The highest BCUT2D eigenvalue weighted by Crippen LogP contribution is 2.22. The lowest BCUT2D eigenvalue weighted by Crippen LogP contribution is -2.27. The molecule has 0 radical (unpaired) electrons. The summed E-state index contributed by atoms with van der Waals surface area (Å²) in [5.41, 5.74) is 2.54. The van der Waals surface area contributed by atoms with Crippen molar-refractivity contribution in [3.8, 4) is 0 Å². The molecule has 2 atom stereocenters. The Morgan fingerprint density at radius 2 is 2.16 bits per heavy atom. The Morgan fingerprint density at radius 1 is 1.37 bits per heavy atom. The first-order chi connectivity index (χ1) is 9.29. The summed E-state index contributed by atoms with van der Waals surface area (Å²) in [6.45, 7) is 7.75. The minimum Gasteiger partial charge on any atom is -0.379 e. The second-order valence-corrected chi connectivity index (χ2v) is 5.23. The van der Waals surface area contributed by atoms with E-state index in [2.05, 4.69) is 43.4 Å². The van der Waals surface area contributed by atoms with Crippen LogP contribution in [-0.4, -0.2) is 32.4 Å². The number of aryl methyl sites for hydroxylation is 1. The first-order valence-electron chi connectivity index (χ1n) is 7.30. The predicted octanol–water partition coefficient (Wildman–Crippen LogP) is 2.84. The normalized spacial score (nSPS) is 20.6. The Labute approximate surface area is 116 Å². The van der Waals surface area contributed by atoms with E-state index in [0.29, 0.717) is 0 Å². The van der Waals surface area contributed by atoms with Crippen LogP contribution in [0.5, 0.6) is 0 Å². The van der Waals surface area contributed by atoms with Gasteiger partial charge in [0.05, 0.1) is 18.8 Å². The fourth-order valence-corrected chi connectivity index (χ4v) is 2.29. The number of rotatable bonds is 7. The van der Waals surface area contributed by atoms with Crippen molar-refractivity contribution in [3.63, 3.8) is 0 Å². The molecule has 19 heavy (non-hydrogen) atoms. The van der Waals surface area contributed by atoms with Crippen LogP contribution in [0.2, 0.25) is 0 Å². The lowest BCUT2D eigenvalue weighted by molar-refractivity contribution is -0.0163. The van der Waals surface area contributed by atoms with Crippen LogP contribution < -0.4 is 5.32 Å². The van der Waals surface area contributed by atoms with Gasteiger partial charge < -0.3 is 14.8 Å². The largest absolute Gasteiger partial charge is 0.379 e. The van der Waals surface area contributed by atoms with E-state index in [1.165, 1.54) is 11.1 Å². The van der Waals surface area contributed by atoms with E-state index in [1.807, 2.05) is 0 Å². The first-order valence-corrected chi connectivity index (χ1v) is 7.30. The van der Waals surface area contributed by atoms with Crippen molar-refractivity contribution in [1.82, 2.24) is 5.32 Å². The standard InChI is InChI=1S/C16H25NO2/c1-3-9-17-11-16(19-15-8-10-18-12-15)14-6-4-13(2)5-7-14/h4-7,15-17H,3,8-12H2,1-2H3. The van der Waals surface area contributed by atoms with Gasteiger partial charge in [-0.05, 0) is 31.9 Å². The van der Waals surface area contributed by atoms with Gasteiger partial charge >= 0.3 is 0 Å². The van der Waals surface area contributed by atoms with Crippen molar-refractivity contribution in [3.05, 3.63) is 35.4 Å². The molecule has 0 amide bonds. The van der Waals surface area contributed by atoms with Crippen molar-refractivity contribution < 1.29 is 9.47 Å². The summed E-state index contributed by atoms with van der Waals surface area (Å²) in [6, 6.07) is 8.64.